The Morgan fingerprint density at radius 3 is 2.24 bits per heavy atom. The normalized spacial score (nSPS) is 14.9. The van der Waals surface area contributed by atoms with Crippen LogP contribution in [0.3, 0.4) is 0 Å². The van der Waals surface area contributed by atoms with Crippen LogP contribution in [0.2, 0.25) is 5.02 Å². The Balaban J connectivity index is 1.66. The Morgan fingerprint density at radius 1 is 0.951 bits per heavy atom. The molecule has 1 unspecified atom stereocenters. The van der Waals surface area contributed by atoms with Gasteiger partial charge in [-0.1, -0.05) is 79.4 Å². The van der Waals surface area contributed by atoms with Crippen LogP contribution in [-0.2, 0) is 32.6 Å². The molecule has 0 bridgehead atoms. The van der Waals surface area contributed by atoms with Crippen LogP contribution >= 0.6 is 11.6 Å². The summed E-state index contributed by atoms with van der Waals surface area (Å²) >= 11 is 5.92. The van der Waals surface area contributed by atoms with Gasteiger partial charge in [-0.25, -0.2) is 12.8 Å². The molecule has 1 N–H and O–H groups in total. The fourth-order valence-corrected chi connectivity index (χ4v) is 6.31. The molecule has 1 fully saturated rings. The molecule has 2 amide bonds. The Bertz CT molecular complexity index is 1430. The predicted octanol–water partition coefficient (Wildman–Crippen LogP) is 5.19. The maximum absolute atomic E-state index is 14.8. The van der Waals surface area contributed by atoms with Gasteiger partial charge < -0.3 is 10.2 Å². The van der Waals surface area contributed by atoms with Crippen LogP contribution in [0.15, 0.2) is 83.8 Å². The van der Waals surface area contributed by atoms with Crippen molar-refractivity contribution in [1.82, 2.24) is 14.5 Å². The molecule has 1 aliphatic rings. The number of hydrogen-bond donors (Lipinski definition) is 1. The molecule has 1 aliphatic carbocycles. The quantitative estimate of drug-likeness (QED) is 0.329. The lowest BCUT2D eigenvalue weighted by molar-refractivity contribution is -0.141. The molecule has 7 nitrogen and oxygen atoms in total. The van der Waals surface area contributed by atoms with Gasteiger partial charge in [0.05, 0.1) is 11.4 Å². The van der Waals surface area contributed by atoms with Crippen LogP contribution < -0.4 is 5.32 Å². The van der Waals surface area contributed by atoms with E-state index in [2.05, 4.69) is 5.32 Å². The van der Waals surface area contributed by atoms with Crippen molar-refractivity contribution in [2.45, 2.75) is 62.0 Å². The zero-order valence-electron chi connectivity index (χ0n) is 23.0. The molecule has 0 radical (unpaired) electrons. The van der Waals surface area contributed by atoms with Crippen molar-refractivity contribution in [3.63, 3.8) is 0 Å². The minimum absolute atomic E-state index is 0.00658. The summed E-state index contributed by atoms with van der Waals surface area (Å²) in [5, 5.41) is 3.50. The van der Waals surface area contributed by atoms with E-state index >= 15 is 0 Å². The highest BCUT2D eigenvalue weighted by atomic mass is 35.5. The first-order chi connectivity index (χ1) is 19.6. The summed E-state index contributed by atoms with van der Waals surface area (Å²) in [5.41, 5.74) is 1.05. The topological polar surface area (TPSA) is 86.8 Å². The fourth-order valence-electron chi connectivity index (χ4n) is 5.06. The van der Waals surface area contributed by atoms with Gasteiger partial charge in [0, 0.05) is 36.6 Å². The molecule has 0 heterocycles. The number of carbonyl (C=O) groups excluding carboxylic acids is 2. The lowest BCUT2D eigenvalue weighted by atomic mass is 9.94. The van der Waals surface area contributed by atoms with Gasteiger partial charge in [0.15, 0.2) is 0 Å². The van der Waals surface area contributed by atoms with Gasteiger partial charge in [-0.05, 0) is 48.7 Å². The second-order valence-electron chi connectivity index (χ2n) is 10.4. The highest BCUT2D eigenvalue weighted by molar-refractivity contribution is 7.89. The third kappa shape index (κ3) is 8.15. The summed E-state index contributed by atoms with van der Waals surface area (Å²) in [6.45, 7) is -0.739. The Morgan fingerprint density at radius 2 is 1.59 bits per heavy atom. The van der Waals surface area contributed by atoms with Crippen molar-refractivity contribution in [3.05, 3.63) is 101 Å². The van der Waals surface area contributed by atoms with Gasteiger partial charge in [-0.2, -0.15) is 4.31 Å². The van der Waals surface area contributed by atoms with Gasteiger partial charge in [-0.3, -0.25) is 9.59 Å². The van der Waals surface area contributed by atoms with E-state index in [1.807, 2.05) is 30.3 Å². The van der Waals surface area contributed by atoms with Gasteiger partial charge >= 0.3 is 0 Å². The smallest absolute Gasteiger partial charge is 0.243 e. The number of nitrogens with zero attached hydrogens (tertiary/aromatic N) is 2. The van der Waals surface area contributed by atoms with E-state index in [9.17, 15) is 22.4 Å². The summed E-state index contributed by atoms with van der Waals surface area (Å²) in [6, 6.07) is 20.0. The number of amides is 2. The Hall–Kier alpha value is -3.27. The number of likely N-dealkylation sites (N-methyl/N-ethyl adjacent to an activating group) is 1. The van der Waals surface area contributed by atoms with Crippen molar-refractivity contribution in [2.75, 3.05) is 13.6 Å². The predicted molar refractivity (Wildman–Crippen MR) is 157 cm³/mol. The molecule has 0 spiro atoms. The summed E-state index contributed by atoms with van der Waals surface area (Å²) < 4.78 is 42.3. The molecule has 1 atom stereocenters. The average Bonchev–Trinajstić information content (AvgIpc) is 2.97. The minimum Gasteiger partial charge on any atom is -0.352 e. The Kier molecular flexibility index (Phi) is 10.5. The van der Waals surface area contributed by atoms with Crippen LogP contribution in [0.1, 0.15) is 43.2 Å². The van der Waals surface area contributed by atoms with E-state index in [0.29, 0.717) is 5.02 Å². The molecule has 3 aromatic carbocycles. The number of halogens is 2. The van der Waals surface area contributed by atoms with E-state index < -0.39 is 34.3 Å². The number of carbonyl (C=O) groups is 2. The molecular formula is C31H35ClFN3O4S. The molecule has 10 heteroatoms. The molecule has 0 aromatic heterocycles. The fraction of sp³-hybridized carbons (Fsp3) is 0.355. The first-order valence-electron chi connectivity index (χ1n) is 13.7. The summed E-state index contributed by atoms with van der Waals surface area (Å²) in [4.78, 5) is 29.0. The third-order valence-corrected chi connectivity index (χ3v) is 9.47. The number of rotatable bonds is 11. The van der Waals surface area contributed by atoms with Crippen molar-refractivity contribution in [2.24, 2.45) is 0 Å². The molecule has 41 heavy (non-hydrogen) atoms. The number of hydrogen-bond acceptors (Lipinski definition) is 4. The van der Waals surface area contributed by atoms with Gasteiger partial charge in [0.2, 0.25) is 21.8 Å². The van der Waals surface area contributed by atoms with E-state index in [-0.39, 0.29) is 35.4 Å². The maximum atomic E-state index is 14.8. The first-order valence-corrected chi connectivity index (χ1v) is 15.6. The average molecular weight is 600 g/mol. The standard InChI is InChI=1S/C31H35ClFN3O4S/c1-35(41(39,40)27-18-16-25(32)17-19-27)22-30(37)36(21-24-12-8-9-15-28(24)33)29(20-23-10-4-2-5-11-23)31(38)34-26-13-6-3-7-14-26/h2,4-5,8-12,15-19,26,29H,3,6-7,13-14,20-22H2,1H3,(H,34,38). The highest BCUT2D eigenvalue weighted by Crippen LogP contribution is 2.22. The molecule has 218 valence electrons. The summed E-state index contributed by atoms with van der Waals surface area (Å²) in [5.74, 6) is -1.47. The van der Waals surface area contributed by atoms with E-state index in [1.54, 1.807) is 18.2 Å². The Labute approximate surface area is 246 Å². The van der Waals surface area contributed by atoms with Crippen molar-refractivity contribution in [3.8, 4) is 0 Å². The summed E-state index contributed by atoms with van der Waals surface area (Å²) in [6.07, 6.45) is 5.04. The SMILES string of the molecule is CN(CC(=O)N(Cc1ccccc1F)C(Cc1ccccc1)C(=O)NC1CCCCC1)S(=O)(=O)c1ccc(Cl)cc1. The maximum Gasteiger partial charge on any atom is 0.243 e. The third-order valence-electron chi connectivity index (χ3n) is 7.40. The molecule has 3 aromatic rings. The first kappa shape index (κ1) is 30.7. The lowest BCUT2D eigenvalue weighted by Gasteiger charge is -2.34. The zero-order chi connectivity index (χ0) is 29.4. The summed E-state index contributed by atoms with van der Waals surface area (Å²) in [7, 11) is -2.74. The molecular weight excluding hydrogens is 565 g/mol. The molecule has 0 saturated heterocycles. The van der Waals surface area contributed by atoms with Crippen LogP contribution in [0.25, 0.3) is 0 Å². The van der Waals surface area contributed by atoms with Gasteiger partial charge in [0.25, 0.3) is 0 Å². The second kappa shape index (κ2) is 14.1. The zero-order valence-corrected chi connectivity index (χ0v) is 24.6. The van der Waals surface area contributed by atoms with E-state index in [0.717, 1.165) is 42.0 Å². The number of sulfonamides is 1. The number of nitrogens with one attached hydrogen (secondary N) is 1. The van der Waals surface area contributed by atoms with Gasteiger partial charge in [-0.15, -0.1) is 0 Å². The monoisotopic (exact) mass is 599 g/mol. The molecule has 1 saturated carbocycles. The number of benzene rings is 3. The van der Waals surface area contributed by atoms with Crippen LogP contribution in [0.4, 0.5) is 4.39 Å². The van der Waals surface area contributed by atoms with Gasteiger partial charge in [0.1, 0.15) is 11.9 Å². The minimum atomic E-state index is -4.04. The largest absolute Gasteiger partial charge is 0.352 e. The highest BCUT2D eigenvalue weighted by Gasteiger charge is 2.34. The molecule has 0 aliphatic heterocycles. The second-order valence-corrected chi connectivity index (χ2v) is 12.9. The van der Waals surface area contributed by atoms with Crippen molar-refractivity contribution >= 4 is 33.4 Å². The van der Waals surface area contributed by atoms with E-state index in [4.69, 9.17) is 11.6 Å². The molecule has 4 rings (SSSR count). The van der Waals surface area contributed by atoms with Crippen LogP contribution in [0.5, 0.6) is 0 Å². The lowest BCUT2D eigenvalue weighted by Crippen LogP contribution is -2.54. The van der Waals surface area contributed by atoms with E-state index in [1.165, 1.54) is 42.3 Å². The van der Waals surface area contributed by atoms with Crippen LogP contribution in [0, 0.1) is 5.82 Å². The van der Waals surface area contributed by atoms with Crippen molar-refractivity contribution in [1.29, 1.82) is 0 Å². The van der Waals surface area contributed by atoms with Crippen LogP contribution in [-0.4, -0.2) is 55.1 Å². The van der Waals surface area contributed by atoms with Crippen molar-refractivity contribution < 1.29 is 22.4 Å².